The highest BCUT2D eigenvalue weighted by Crippen LogP contribution is 2.33. The summed E-state index contributed by atoms with van der Waals surface area (Å²) >= 11 is 5.15. The number of nitrogens with two attached hydrogens (primary N) is 1. The zero-order chi connectivity index (χ0) is 14.8. The van der Waals surface area contributed by atoms with Crippen molar-refractivity contribution in [2.75, 3.05) is 20.3 Å². The summed E-state index contributed by atoms with van der Waals surface area (Å²) in [5.41, 5.74) is 5.08. The van der Waals surface area contributed by atoms with Crippen molar-refractivity contribution in [3.63, 3.8) is 0 Å². The molecule has 1 fully saturated rings. The van der Waals surface area contributed by atoms with Gasteiger partial charge in [-0.05, 0) is 12.8 Å². The first kappa shape index (κ1) is 14.9. The first-order chi connectivity index (χ1) is 9.47. The van der Waals surface area contributed by atoms with Crippen LogP contribution in [0.5, 0.6) is 0 Å². The summed E-state index contributed by atoms with van der Waals surface area (Å²) in [6.07, 6.45) is 4.66. The van der Waals surface area contributed by atoms with E-state index in [9.17, 15) is 4.79 Å². The zero-order valence-corrected chi connectivity index (χ0v) is 12.7. The summed E-state index contributed by atoms with van der Waals surface area (Å²) in [4.78, 5) is 18.9. The van der Waals surface area contributed by atoms with E-state index in [2.05, 4.69) is 4.98 Å². The molecule has 0 saturated carbocycles. The van der Waals surface area contributed by atoms with E-state index in [1.54, 1.807) is 18.1 Å². The smallest absolute Gasteiger partial charge is 0.235 e. The van der Waals surface area contributed by atoms with Crippen LogP contribution in [0.25, 0.3) is 0 Å². The Hall–Kier alpha value is -1.47. The SMILES string of the molecule is CN(Cc1nccn1C)C(=O)C1(C(N)=S)CCOCC1. The monoisotopic (exact) mass is 296 g/mol. The van der Waals surface area contributed by atoms with Gasteiger partial charge in [-0.25, -0.2) is 4.98 Å². The molecule has 0 unspecified atom stereocenters. The first-order valence-corrected chi connectivity index (χ1v) is 6.97. The van der Waals surface area contributed by atoms with Crippen LogP contribution in [0, 0.1) is 5.41 Å². The molecule has 6 nitrogen and oxygen atoms in total. The van der Waals surface area contributed by atoms with Crippen LogP contribution in [0.1, 0.15) is 18.7 Å². The second-order valence-electron chi connectivity index (χ2n) is 5.17. The summed E-state index contributed by atoms with van der Waals surface area (Å²) in [6.45, 7) is 1.46. The minimum Gasteiger partial charge on any atom is -0.392 e. The van der Waals surface area contributed by atoms with E-state index in [4.69, 9.17) is 22.7 Å². The lowest BCUT2D eigenvalue weighted by Gasteiger charge is -2.37. The molecule has 1 aromatic rings. The lowest BCUT2D eigenvalue weighted by atomic mass is 9.78. The van der Waals surface area contributed by atoms with Crippen molar-refractivity contribution >= 4 is 23.1 Å². The van der Waals surface area contributed by atoms with Crippen LogP contribution >= 0.6 is 12.2 Å². The van der Waals surface area contributed by atoms with E-state index in [0.717, 1.165) is 5.82 Å². The van der Waals surface area contributed by atoms with Gasteiger partial charge in [0.05, 0.1) is 11.5 Å². The van der Waals surface area contributed by atoms with Crippen LogP contribution in [-0.4, -0.2) is 45.6 Å². The predicted molar refractivity (Wildman–Crippen MR) is 79.0 cm³/mol. The summed E-state index contributed by atoms with van der Waals surface area (Å²) in [5, 5.41) is 0. The van der Waals surface area contributed by atoms with Gasteiger partial charge < -0.3 is 19.9 Å². The lowest BCUT2D eigenvalue weighted by molar-refractivity contribution is -0.141. The van der Waals surface area contributed by atoms with Crippen LogP contribution in [0.2, 0.25) is 0 Å². The van der Waals surface area contributed by atoms with Gasteiger partial charge in [-0.2, -0.15) is 0 Å². The van der Waals surface area contributed by atoms with Gasteiger partial charge in [0.15, 0.2) is 0 Å². The summed E-state index contributed by atoms with van der Waals surface area (Å²) in [6, 6.07) is 0. The predicted octanol–water partition coefficient (Wildman–Crippen LogP) is 0.461. The molecule has 20 heavy (non-hydrogen) atoms. The molecule has 0 bridgehead atoms. The highest BCUT2D eigenvalue weighted by Gasteiger charge is 2.44. The number of aromatic nitrogens is 2. The number of carbonyl (C=O) groups excluding carboxylic acids is 1. The molecule has 7 heteroatoms. The molecular formula is C13H20N4O2S. The average molecular weight is 296 g/mol. The fourth-order valence-electron chi connectivity index (χ4n) is 2.48. The van der Waals surface area contributed by atoms with E-state index < -0.39 is 5.41 Å². The molecule has 0 aliphatic carbocycles. The van der Waals surface area contributed by atoms with Crippen molar-refractivity contribution < 1.29 is 9.53 Å². The lowest BCUT2D eigenvalue weighted by Crippen LogP contribution is -2.52. The Kier molecular flexibility index (Phi) is 4.39. The number of thiocarbonyl (C=S) groups is 1. The Morgan fingerprint density at radius 2 is 2.25 bits per heavy atom. The normalized spacial score (nSPS) is 17.7. The number of hydrogen-bond donors (Lipinski definition) is 1. The Morgan fingerprint density at radius 1 is 1.60 bits per heavy atom. The van der Waals surface area contributed by atoms with E-state index in [1.165, 1.54) is 0 Å². The summed E-state index contributed by atoms with van der Waals surface area (Å²) < 4.78 is 7.22. The van der Waals surface area contributed by atoms with Crippen molar-refractivity contribution in [3.8, 4) is 0 Å². The first-order valence-electron chi connectivity index (χ1n) is 6.57. The molecule has 2 rings (SSSR count). The topological polar surface area (TPSA) is 73.4 Å². The highest BCUT2D eigenvalue weighted by molar-refractivity contribution is 7.80. The number of hydrogen-bond acceptors (Lipinski definition) is 4. The molecule has 0 spiro atoms. The van der Waals surface area contributed by atoms with E-state index in [1.807, 2.05) is 17.8 Å². The van der Waals surface area contributed by atoms with Crippen molar-refractivity contribution in [1.29, 1.82) is 0 Å². The number of ether oxygens (including phenoxy) is 1. The number of carbonyl (C=O) groups is 1. The molecule has 1 aliphatic heterocycles. The largest absolute Gasteiger partial charge is 0.392 e. The number of aryl methyl sites for hydroxylation is 1. The molecule has 1 aliphatic rings. The van der Waals surface area contributed by atoms with Gasteiger partial charge in [0.25, 0.3) is 0 Å². The number of nitrogens with zero attached hydrogens (tertiary/aromatic N) is 3. The van der Waals surface area contributed by atoms with Crippen molar-refractivity contribution in [2.45, 2.75) is 19.4 Å². The maximum Gasteiger partial charge on any atom is 0.235 e. The van der Waals surface area contributed by atoms with E-state index in [-0.39, 0.29) is 10.9 Å². The third kappa shape index (κ3) is 2.69. The standard InChI is InChI=1S/C13H20N4O2S/c1-16-6-5-15-10(16)9-17(2)12(18)13(11(14)20)3-7-19-8-4-13/h5-6H,3-4,7-9H2,1-2H3,(H2,14,20). The Bertz CT molecular complexity index is 508. The molecule has 1 aromatic heterocycles. The highest BCUT2D eigenvalue weighted by atomic mass is 32.1. The van der Waals surface area contributed by atoms with Gasteiger partial charge in [0, 0.05) is 39.7 Å². The molecule has 0 aromatic carbocycles. The number of rotatable bonds is 4. The minimum atomic E-state index is -0.770. The van der Waals surface area contributed by atoms with Gasteiger partial charge in [-0.1, -0.05) is 12.2 Å². The molecule has 2 heterocycles. The molecular weight excluding hydrogens is 276 g/mol. The van der Waals surface area contributed by atoms with Crippen LogP contribution < -0.4 is 5.73 Å². The van der Waals surface area contributed by atoms with Crippen molar-refractivity contribution in [2.24, 2.45) is 18.2 Å². The van der Waals surface area contributed by atoms with Crippen LogP contribution in [0.15, 0.2) is 12.4 Å². The molecule has 0 atom stereocenters. The molecule has 0 radical (unpaired) electrons. The van der Waals surface area contributed by atoms with Gasteiger partial charge in [0.2, 0.25) is 5.91 Å². The van der Waals surface area contributed by atoms with Crippen molar-refractivity contribution in [1.82, 2.24) is 14.5 Å². The third-order valence-corrected chi connectivity index (χ3v) is 4.26. The zero-order valence-electron chi connectivity index (χ0n) is 11.8. The van der Waals surface area contributed by atoms with Crippen molar-refractivity contribution in [3.05, 3.63) is 18.2 Å². The summed E-state index contributed by atoms with van der Waals surface area (Å²) in [7, 11) is 3.66. The Balaban J connectivity index is 2.15. The number of amides is 1. The van der Waals surface area contributed by atoms with E-state index >= 15 is 0 Å². The fourth-order valence-corrected chi connectivity index (χ4v) is 2.78. The second kappa shape index (κ2) is 5.88. The Morgan fingerprint density at radius 3 is 2.75 bits per heavy atom. The third-order valence-electron chi connectivity index (χ3n) is 3.87. The quantitative estimate of drug-likeness (QED) is 0.817. The van der Waals surface area contributed by atoms with Gasteiger partial charge in [0.1, 0.15) is 11.2 Å². The molecule has 1 amide bonds. The van der Waals surface area contributed by atoms with Crippen LogP contribution in [0.4, 0.5) is 0 Å². The average Bonchev–Trinajstić information content (AvgIpc) is 2.84. The second-order valence-corrected chi connectivity index (χ2v) is 5.61. The van der Waals surface area contributed by atoms with Crippen LogP contribution in [-0.2, 0) is 23.1 Å². The molecule has 2 N–H and O–H groups in total. The molecule has 1 saturated heterocycles. The minimum absolute atomic E-state index is 0.0451. The maximum absolute atomic E-state index is 12.8. The van der Waals surface area contributed by atoms with Crippen LogP contribution in [0.3, 0.4) is 0 Å². The summed E-state index contributed by atoms with van der Waals surface area (Å²) in [5.74, 6) is 0.780. The fraction of sp³-hybridized carbons (Fsp3) is 0.615. The molecule has 110 valence electrons. The number of imidazole rings is 1. The van der Waals surface area contributed by atoms with Gasteiger partial charge in [-0.3, -0.25) is 4.79 Å². The van der Waals surface area contributed by atoms with E-state index in [0.29, 0.717) is 32.6 Å². The Labute approximate surface area is 123 Å². The van der Waals surface area contributed by atoms with Gasteiger partial charge >= 0.3 is 0 Å². The maximum atomic E-state index is 12.8. The van der Waals surface area contributed by atoms with Gasteiger partial charge in [-0.15, -0.1) is 0 Å².